The summed E-state index contributed by atoms with van der Waals surface area (Å²) in [6, 6.07) is 8.12. The lowest BCUT2D eigenvalue weighted by Crippen LogP contribution is -2.09. The van der Waals surface area contributed by atoms with Gasteiger partial charge in [0.05, 0.1) is 7.11 Å². The maximum absolute atomic E-state index is 5.96. The van der Waals surface area contributed by atoms with Crippen molar-refractivity contribution in [3.63, 3.8) is 0 Å². The molecule has 13 heavy (non-hydrogen) atoms. The van der Waals surface area contributed by atoms with Crippen LogP contribution < -0.4 is 10.5 Å². The van der Waals surface area contributed by atoms with Gasteiger partial charge in [-0.3, -0.25) is 0 Å². The first-order valence-electron chi connectivity index (χ1n) is 4.67. The molecule has 72 valence electrons. The highest BCUT2D eigenvalue weighted by atomic mass is 16.5. The fraction of sp³-hybridized carbons (Fsp3) is 0.455. The summed E-state index contributed by atoms with van der Waals surface area (Å²) in [6.45, 7) is 2.14. The van der Waals surface area contributed by atoms with E-state index >= 15 is 0 Å². The molecule has 2 heteroatoms. The number of methoxy groups -OCH3 is 1. The molecule has 0 aliphatic carbocycles. The van der Waals surface area contributed by atoms with Crippen LogP contribution in [-0.4, -0.2) is 7.11 Å². The number of nitrogens with two attached hydrogens (primary N) is 1. The third kappa shape index (κ3) is 2.74. The van der Waals surface area contributed by atoms with Gasteiger partial charge in [-0.25, -0.2) is 0 Å². The van der Waals surface area contributed by atoms with Crippen LogP contribution in [0.3, 0.4) is 0 Å². The van der Waals surface area contributed by atoms with Crippen LogP contribution in [0.25, 0.3) is 0 Å². The van der Waals surface area contributed by atoms with Crippen LogP contribution in [-0.2, 0) is 0 Å². The Morgan fingerprint density at radius 2 is 1.92 bits per heavy atom. The van der Waals surface area contributed by atoms with Crippen molar-refractivity contribution in [2.24, 2.45) is 5.73 Å². The van der Waals surface area contributed by atoms with E-state index < -0.39 is 0 Å². The third-order valence-electron chi connectivity index (χ3n) is 2.14. The SMILES string of the molecule is CCC[C@H](N)c1ccc(OC)cc1. The van der Waals surface area contributed by atoms with Gasteiger partial charge in [0.1, 0.15) is 5.75 Å². The van der Waals surface area contributed by atoms with E-state index in [1.54, 1.807) is 7.11 Å². The molecule has 1 rings (SSSR count). The van der Waals surface area contributed by atoms with Crippen LogP contribution in [0.1, 0.15) is 31.4 Å². The minimum absolute atomic E-state index is 0.163. The summed E-state index contributed by atoms with van der Waals surface area (Å²) < 4.78 is 5.07. The molecule has 0 amide bonds. The van der Waals surface area contributed by atoms with Crippen LogP contribution in [0, 0.1) is 0 Å². The predicted octanol–water partition coefficient (Wildman–Crippen LogP) is 2.50. The molecule has 2 N–H and O–H groups in total. The largest absolute Gasteiger partial charge is 0.497 e. The molecule has 1 aromatic carbocycles. The van der Waals surface area contributed by atoms with Crippen molar-refractivity contribution in [3.8, 4) is 5.75 Å². The second-order valence-electron chi connectivity index (χ2n) is 3.17. The highest BCUT2D eigenvalue weighted by Gasteiger charge is 2.03. The lowest BCUT2D eigenvalue weighted by molar-refractivity contribution is 0.414. The lowest BCUT2D eigenvalue weighted by atomic mass is 10.0. The van der Waals surface area contributed by atoms with E-state index in [0.29, 0.717) is 0 Å². The number of ether oxygens (including phenoxy) is 1. The summed E-state index contributed by atoms with van der Waals surface area (Å²) in [4.78, 5) is 0. The highest BCUT2D eigenvalue weighted by Crippen LogP contribution is 2.18. The number of hydrogen-bond donors (Lipinski definition) is 1. The second-order valence-corrected chi connectivity index (χ2v) is 3.17. The van der Waals surface area contributed by atoms with Crippen molar-refractivity contribution in [3.05, 3.63) is 29.8 Å². The Bertz CT molecular complexity index is 243. The van der Waals surface area contributed by atoms with E-state index in [9.17, 15) is 0 Å². The average Bonchev–Trinajstić information content (AvgIpc) is 2.18. The summed E-state index contributed by atoms with van der Waals surface area (Å²) in [5, 5.41) is 0. The molecule has 0 saturated heterocycles. The summed E-state index contributed by atoms with van der Waals surface area (Å²) in [5.41, 5.74) is 7.14. The van der Waals surface area contributed by atoms with Gasteiger partial charge in [0.25, 0.3) is 0 Å². The minimum atomic E-state index is 0.163. The first-order chi connectivity index (χ1) is 6.27. The van der Waals surface area contributed by atoms with Gasteiger partial charge in [-0.15, -0.1) is 0 Å². The van der Waals surface area contributed by atoms with Gasteiger partial charge in [0, 0.05) is 6.04 Å². The Morgan fingerprint density at radius 1 is 1.31 bits per heavy atom. The molecule has 0 aromatic heterocycles. The van der Waals surface area contributed by atoms with Crippen molar-refractivity contribution < 1.29 is 4.74 Å². The molecule has 0 aliphatic rings. The molecule has 0 radical (unpaired) electrons. The Hall–Kier alpha value is -1.02. The van der Waals surface area contributed by atoms with Crippen LogP contribution in [0.2, 0.25) is 0 Å². The molecule has 0 aliphatic heterocycles. The Labute approximate surface area is 79.7 Å². The Balaban J connectivity index is 2.67. The molecule has 0 heterocycles. The summed E-state index contributed by atoms with van der Waals surface area (Å²) in [6.07, 6.45) is 2.15. The second kappa shape index (κ2) is 4.87. The Kier molecular flexibility index (Phi) is 3.77. The smallest absolute Gasteiger partial charge is 0.118 e. The average molecular weight is 179 g/mol. The zero-order chi connectivity index (χ0) is 9.68. The van der Waals surface area contributed by atoms with E-state index in [1.165, 1.54) is 5.56 Å². The molecule has 0 saturated carbocycles. The zero-order valence-electron chi connectivity index (χ0n) is 8.29. The molecule has 0 spiro atoms. The van der Waals surface area contributed by atoms with Gasteiger partial charge >= 0.3 is 0 Å². The maximum atomic E-state index is 5.96. The first kappa shape index (κ1) is 10.1. The third-order valence-corrected chi connectivity index (χ3v) is 2.14. The minimum Gasteiger partial charge on any atom is -0.497 e. The van der Waals surface area contributed by atoms with E-state index in [1.807, 2.05) is 24.3 Å². The van der Waals surface area contributed by atoms with Crippen molar-refractivity contribution >= 4 is 0 Å². The molecule has 2 nitrogen and oxygen atoms in total. The molecular weight excluding hydrogens is 162 g/mol. The van der Waals surface area contributed by atoms with Gasteiger partial charge in [0.2, 0.25) is 0 Å². The lowest BCUT2D eigenvalue weighted by Gasteiger charge is -2.10. The van der Waals surface area contributed by atoms with Crippen LogP contribution in [0.4, 0.5) is 0 Å². The van der Waals surface area contributed by atoms with Crippen LogP contribution in [0.15, 0.2) is 24.3 Å². The standard InChI is InChI=1S/C11H17NO/c1-3-4-11(12)9-5-7-10(13-2)8-6-9/h5-8,11H,3-4,12H2,1-2H3/t11-/m0/s1. The van der Waals surface area contributed by atoms with Crippen molar-refractivity contribution in [1.82, 2.24) is 0 Å². The highest BCUT2D eigenvalue weighted by molar-refractivity contribution is 5.28. The van der Waals surface area contributed by atoms with Crippen molar-refractivity contribution in [2.75, 3.05) is 7.11 Å². The van der Waals surface area contributed by atoms with Gasteiger partial charge in [-0.05, 0) is 24.1 Å². The van der Waals surface area contributed by atoms with Crippen LogP contribution >= 0.6 is 0 Å². The molecule has 0 bridgehead atoms. The Morgan fingerprint density at radius 3 is 2.38 bits per heavy atom. The fourth-order valence-electron chi connectivity index (χ4n) is 1.33. The predicted molar refractivity (Wildman–Crippen MR) is 54.8 cm³/mol. The molecule has 1 aromatic rings. The maximum Gasteiger partial charge on any atom is 0.118 e. The molecule has 0 fully saturated rings. The zero-order valence-corrected chi connectivity index (χ0v) is 8.29. The van der Waals surface area contributed by atoms with E-state index in [4.69, 9.17) is 10.5 Å². The number of rotatable bonds is 4. The fourth-order valence-corrected chi connectivity index (χ4v) is 1.33. The van der Waals surface area contributed by atoms with Gasteiger partial charge in [-0.2, -0.15) is 0 Å². The van der Waals surface area contributed by atoms with Gasteiger partial charge in [0.15, 0.2) is 0 Å². The van der Waals surface area contributed by atoms with Gasteiger partial charge < -0.3 is 10.5 Å². The summed E-state index contributed by atoms with van der Waals surface area (Å²) in [5.74, 6) is 0.882. The van der Waals surface area contributed by atoms with Crippen LogP contribution in [0.5, 0.6) is 5.75 Å². The molecule has 0 unspecified atom stereocenters. The van der Waals surface area contributed by atoms with Crippen molar-refractivity contribution in [1.29, 1.82) is 0 Å². The monoisotopic (exact) mass is 179 g/mol. The molecular formula is C11H17NO. The quantitative estimate of drug-likeness (QED) is 0.770. The van der Waals surface area contributed by atoms with Gasteiger partial charge in [-0.1, -0.05) is 25.5 Å². The van der Waals surface area contributed by atoms with E-state index in [-0.39, 0.29) is 6.04 Å². The van der Waals surface area contributed by atoms with Crippen molar-refractivity contribution in [2.45, 2.75) is 25.8 Å². The van der Waals surface area contributed by atoms with E-state index in [2.05, 4.69) is 6.92 Å². The normalized spacial score (nSPS) is 12.5. The number of benzene rings is 1. The number of hydrogen-bond acceptors (Lipinski definition) is 2. The topological polar surface area (TPSA) is 35.2 Å². The van der Waals surface area contributed by atoms with E-state index in [0.717, 1.165) is 18.6 Å². The summed E-state index contributed by atoms with van der Waals surface area (Å²) >= 11 is 0. The molecule has 1 atom stereocenters. The summed E-state index contributed by atoms with van der Waals surface area (Å²) in [7, 11) is 1.67. The first-order valence-corrected chi connectivity index (χ1v) is 4.67.